The molecule has 0 unspecified atom stereocenters. The number of amides is 2. The molecule has 5 rings (SSSR count). The number of carbonyl (C=O) groups excluding carboxylic acids is 1. The Morgan fingerprint density at radius 3 is 2.56 bits per heavy atom. The Morgan fingerprint density at radius 1 is 1.06 bits per heavy atom. The standard InChI is InChI=1S/C29H31N3O3S/c1-30-29(34)31-22-9-7-20(8-10-22)28-25(24-12-11-23(33)17-27(24)36-28)15-19-5-6-21(26(16-19)35-2)18-32-13-3-4-14-32/h5-12,16-17,33H,3-4,13-15,18H2,1-2H3,(H2,30,31,34). The van der Waals surface area contributed by atoms with Gasteiger partial charge in [0.2, 0.25) is 0 Å². The maximum absolute atomic E-state index is 11.7. The predicted octanol–water partition coefficient (Wildman–Crippen LogP) is 6.22. The molecule has 6 nitrogen and oxygen atoms in total. The van der Waals surface area contributed by atoms with Crippen LogP contribution in [-0.2, 0) is 13.0 Å². The lowest BCUT2D eigenvalue weighted by Crippen LogP contribution is -2.24. The van der Waals surface area contributed by atoms with E-state index in [-0.39, 0.29) is 11.8 Å². The van der Waals surface area contributed by atoms with Crippen molar-refractivity contribution in [2.24, 2.45) is 0 Å². The minimum atomic E-state index is -0.247. The first-order chi connectivity index (χ1) is 17.5. The summed E-state index contributed by atoms with van der Waals surface area (Å²) in [6.07, 6.45) is 3.29. The molecule has 3 N–H and O–H groups in total. The highest BCUT2D eigenvalue weighted by molar-refractivity contribution is 7.22. The number of urea groups is 1. The van der Waals surface area contributed by atoms with Crippen LogP contribution in [0.25, 0.3) is 20.5 Å². The number of likely N-dealkylation sites (tertiary alicyclic amines) is 1. The zero-order valence-corrected chi connectivity index (χ0v) is 21.5. The number of aromatic hydroxyl groups is 1. The Balaban J connectivity index is 1.48. The van der Waals surface area contributed by atoms with Crippen LogP contribution in [0.1, 0.15) is 29.5 Å². The molecule has 4 aromatic rings. The number of carbonyl (C=O) groups is 1. The lowest BCUT2D eigenvalue weighted by molar-refractivity contribution is 0.254. The summed E-state index contributed by atoms with van der Waals surface area (Å²) in [4.78, 5) is 15.3. The van der Waals surface area contributed by atoms with Gasteiger partial charge in [0, 0.05) is 34.4 Å². The molecular formula is C29H31N3O3S. The highest BCUT2D eigenvalue weighted by Gasteiger charge is 2.18. The maximum Gasteiger partial charge on any atom is 0.318 e. The summed E-state index contributed by atoms with van der Waals surface area (Å²) in [5.41, 5.74) is 5.44. The van der Waals surface area contributed by atoms with E-state index in [1.54, 1.807) is 31.6 Å². The number of hydrogen-bond acceptors (Lipinski definition) is 5. The summed E-state index contributed by atoms with van der Waals surface area (Å²) in [5, 5.41) is 16.6. The third-order valence-electron chi connectivity index (χ3n) is 6.73. The van der Waals surface area contributed by atoms with Gasteiger partial charge in [-0.1, -0.05) is 24.3 Å². The fourth-order valence-corrected chi connectivity index (χ4v) is 6.12. The fraction of sp³-hybridized carbons (Fsp3) is 0.276. The SMILES string of the molecule is CNC(=O)Nc1ccc(-c2sc3cc(O)ccc3c2Cc2ccc(CN3CCCC3)c(OC)c2)cc1. The van der Waals surface area contributed by atoms with E-state index in [0.29, 0.717) is 0 Å². The molecule has 0 saturated carbocycles. The number of anilines is 1. The zero-order chi connectivity index (χ0) is 25.1. The lowest BCUT2D eigenvalue weighted by Gasteiger charge is -2.18. The molecule has 1 aliphatic heterocycles. The van der Waals surface area contributed by atoms with Crippen molar-refractivity contribution in [2.45, 2.75) is 25.8 Å². The van der Waals surface area contributed by atoms with Gasteiger partial charge in [0.05, 0.1) is 7.11 Å². The molecule has 3 aromatic carbocycles. The van der Waals surface area contributed by atoms with Crippen molar-refractivity contribution in [3.8, 4) is 21.9 Å². The van der Waals surface area contributed by atoms with Crippen molar-refractivity contribution in [3.05, 3.63) is 77.4 Å². The van der Waals surface area contributed by atoms with Gasteiger partial charge in [0.15, 0.2) is 0 Å². The van der Waals surface area contributed by atoms with E-state index in [9.17, 15) is 9.90 Å². The average Bonchev–Trinajstić information content (AvgIpc) is 3.53. The Kier molecular flexibility index (Phi) is 7.11. The van der Waals surface area contributed by atoms with Crippen molar-refractivity contribution >= 4 is 33.1 Å². The minimum Gasteiger partial charge on any atom is -0.508 e. The summed E-state index contributed by atoms with van der Waals surface area (Å²) in [5.74, 6) is 1.20. The highest BCUT2D eigenvalue weighted by Crippen LogP contribution is 2.41. The number of fused-ring (bicyclic) bond motifs is 1. The Morgan fingerprint density at radius 2 is 1.83 bits per heavy atom. The van der Waals surface area contributed by atoms with Gasteiger partial charge in [-0.05, 0) is 90.8 Å². The van der Waals surface area contributed by atoms with Crippen molar-refractivity contribution in [1.82, 2.24) is 10.2 Å². The van der Waals surface area contributed by atoms with E-state index in [0.717, 1.165) is 58.0 Å². The van der Waals surface area contributed by atoms with E-state index in [4.69, 9.17) is 4.74 Å². The molecule has 1 fully saturated rings. The van der Waals surface area contributed by atoms with Gasteiger partial charge >= 0.3 is 6.03 Å². The van der Waals surface area contributed by atoms with E-state index in [2.05, 4.69) is 33.7 Å². The minimum absolute atomic E-state index is 0.247. The van der Waals surface area contributed by atoms with E-state index >= 15 is 0 Å². The number of hydrogen-bond donors (Lipinski definition) is 3. The monoisotopic (exact) mass is 501 g/mol. The van der Waals surface area contributed by atoms with E-state index in [1.807, 2.05) is 36.4 Å². The number of benzene rings is 3. The van der Waals surface area contributed by atoms with Crippen LogP contribution in [0.5, 0.6) is 11.5 Å². The normalized spacial score (nSPS) is 13.7. The second-order valence-electron chi connectivity index (χ2n) is 9.18. The molecule has 1 aromatic heterocycles. The molecule has 0 spiro atoms. The van der Waals surface area contributed by atoms with Crippen molar-refractivity contribution < 1.29 is 14.6 Å². The van der Waals surface area contributed by atoms with Crippen LogP contribution in [0.2, 0.25) is 0 Å². The van der Waals surface area contributed by atoms with Gasteiger partial charge in [-0.3, -0.25) is 4.90 Å². The van der Waals surface area contributed by atoms with Crippen LogP contribution >= 0.6 is 11.3 Å². The molecule has 2 amide bonds. The second kappa shape index (κ2) is 10.6. The molecule has 1 aliphatic rings. The fourth-order valence-electron chi connectivity index (χ4n) is 4.86. The van der Waals surface area contributed by atoms with Crippen LogP contribution in [0.3, 0.4) is 0 Å². The third-order valence-corrected chi connectivity index (χ3v) is 7.98. The van der Waals surface area contributed by atoms with E-state index < -0.39 is 0 Å². The van der Waals surface area contributed by atoms with Crippen LogP contribution in [0.15, 0.2) is 60.7 Å². The Hall–Kier alpha value is -3.55. The number of nitrogens with zero attached hydrogens (tertiary/aromatic N) is 1. The summed E-state index contributed by atoms with van der Waals surface area (Å²) >= 11 is 1.67. The number of rotatable bonds is 7. The highest BCUT2D eigenvalue weighted by atomic mass is 32.1. The van der Waals surface area contributed by atoms with Crippen molar-refractivity contribution in [2.75, 3.05) is 32.6 Å². The summed E-state index contributed by atoms with van der Waals surface area (Å²) in [6, 6.07) is 19.8. The van der Waals surface area contributed by atoms with Crippen LogP contribution < -0.4 is 15.4 Å². The molecule has 7 heteroatoms. The molecule has 186 valence electrons. The molecular weight excluding hydrogens is 470 g/mol. The zero-order valence-electron chi connectivity index (χ0n) is 20.6. The second-order valence-corrected chi connectivity index (χ2v) is 10.2. The Labute approximate surface area is 215 Å². The molecule has 0 aliphatic carbocycles. The average molecular weight is 502 g/mol. The molecule has 0 radical (unpaired) electrons. The van der Waals surface area contributed by atoms with Gasteiger partial charge in [-0.15, -0.1) is 11.3 Å². The molecule has 2 heterocycles. The first-order valence-corrected chi connectivity index (χ1v) is 13.1. The van der Waals surface area contributed by atoms with Gasteiger partial charge in [0.1, 0.15) is 11.5 Å². The number of thiophene rings is 1. The summed E-state index contributed by atoms with van der Waals surface area (Å²) in [7, 11) is 3.34. The first-order valence-electron chi connectivity index (χ1n) is 12.3. The largest absolute Gasteiger partial charge is 0.508 e. The Bertz CT molecular complexity index is 1370. The number of nitrogens with one attached hydrogen (secondary N) is 2. The van der Waals surface area contributed by atoms with Crippen LogP contribution in [0, 0.1) is 0 Å². The smallest absolute Gasteiger partial charge is 0.318 e. The topological polar surface area (TPSA) is 73.8 Å². The maximum atomic E-state index is 11.7. The van der Waals surface area contributed by atoms with E-state index in [1.165, 1.54) is 29.5 Å². The number of ether oxygens (including phenoxy) is 1. The summed E-state index contributed by atoms with van der Waals surface area (Å²) in [6.45, 7) is 3.23. The summed E-state index contributed by atoms with van der Waals surface area (Å²) < 4.78 is 6.84. The van der Waals surface area contributed by atoms with Gasteiger partial charge in [-0.2, -0.15) is 0 Å². The van der Waals surface area contributed by atoms with Crippen LogP contribution in [-0.4, -0.2) is 43.3 Å². The molecule has 0 bridgehead atoms. The first kappa shape index (κ1) is 24.2. The van der Waals surface area contributed by atoms with Crippen molar-refractivity contribution in [3.63, 3.8) is 0 Å². The van der Waals surface area contributed by atoms with Crippen molar-refractivity contribution in [1.29, 1.82) is 0 Å². The third kappa shape index (κ3) is 5.17. The van der Waals surface area contributed by atoms with Gasteiger partial charge in [0.25, 0.3) is 0 Å². The van der Waals surface area contributed by atoms with Crippen LogP contribution in [0.4, 0.5) is 10.5 Å². The van der Waals surface area contributed by atoms with Gasteiger partial charge < -0.3 is 20.5 Å². The predicted molar refractivity (Wildman–Crippen MR) is 147 cm³/mol. The molecule has 0 atom stereocenters. The number of phenolic OH excluding ortho intramolecular Hbond substituents is 1. The lowest BCUT2D eigenvalue weighted by atomic mass is 9.97. The molecule has 36 heavy (non-hydrogen) atoms. The number of methoxy groups -OCH3 is 1. The quantitative estimate of drug-likeness (QED) is 0.281. The van der Waals surface area contributed by atoms with Gasteiger partial charge in [-0.25, -0.2) is 4.79 Å². The molecule has 1 saturated heterocycles. The number of phenols is 1.